The van der Waals surface area contributed by atoms with Crippen molar-refractivity contribution in [2.45, 2.75) is 25.5 Å². The first kappa shape index (κ1) is 16.9. The van der Waals surface area contributed by atoms with Gasteiger partial charge in [0.15, 0.2) is 5.60 Å². The number of nitrogens with one attached hydrogen (secondary N) is 1. The molecule has 2 aromatic rings. The Hall–Kier alpha value is -2.93. The Kier molecular flexibility index (Phi) is 4.41. The Morgan fingerprint density at radius 1 is 1.40 bits per heavy atom. The molecule has 2 heterocycles. The zero-order valence-electron chi connectivity index (χ0n) is 13.7. The SMILES string of the molecule is CCC1(O)C=C(C(=O)NCc2cnc3ccc(O)cc3c2)COC1=O. The number of pyridine rings is 1. The van der Waals surface area contributed by atoms with E-state index in [1.807, 2.05) is 6.07 Å². The zero-order chi connectivity index (χ0) is 18.0. The van der Waals surface area contributed by atoms with E-state index in [1.54, 1.807) is 31.3 Å². The van der Waals surface area contributed by atoms with Crippen molar-refractivity contribution >= 4 is 22.8 Å². The number of phenols is 1. The number of aromatic nitrogens is 1. The van der Waals surface area contributed by atoms with Gasteiger partial charge in [-0.3, -0.25) is 9.78 Å². The second-order valence-corrected chi connectivity index (χ2v) is 5.93. The van der Waals surface area contributed by atoms with Crippen LogP contribution in [0.3, 0.4) is 0 Å². The first-order chi connectivity index (χ1) is 11.9. The maximum Gasteiger partial charge on any atom is 0.342 e. The monoisotopic (exact) mass is 342 g/mol. The number of carbonyl (C=O) groups excluding carboxylic acids is 2. The van der Waals surface area contributed by atoms with E-state index < -0.39 is 17.5 Å². The van der Waals surface area contributed by atoms with Gasteiger partial charge in [-0.2, -0.15) is 0 Å². The van der Waals surface area contributed by atoms with Crippen LogP contribution in [-0.4, -0.2) is 39.3 Å². The van der Waals surface area contributed by atoms with Crippen molar-refractivity contribution in [2.24, 2.45) is 0 Å². The topological polar surface area (TPSA) is 109 Å². The number of fused-ring (bicyclic) bond motifs is 1. The van der Waals surface area contributed by atoms with Crippen molar-refractivity contribution in [2.75, 3.05) is 6.61 Å². The minimum Gasteiger partial charge on any atom is -0.508 e. The molecule has 1 aromatic carbocycles. The normalized spacial score (nSPS) is 20.1. The minimum atomic E-state index is -1.76. The van der Waals surface area contributed by atoms with Crippen molar-refractivity contribution in [3.63, 3.8) is 0 Å². The highest BCUT2D eigenvalue weighted by molar-refractivity contribution is 5.97. The van der Waals surface area contributed by atoms with Gasteiger partial charge in [-0.1, -0.05) is 6.92 Å². The molecule has 130 valence electrons. The van der Waals surface area contributed by atoms with Gasteiger partial charge in [-0.05, 0) is 42.3 Å². The van der Waals surface area contributed by atoms with Crippen molar-refractivity contribution in [3.8, 4) is 5.75 Å². The second-order valence-electron chi connectivity index (χ2n) is 5.93. The van der Waals surface area contributed by atoms with Crippen LogP contribution in [0, 0.1) is 0 Å². The van der Waals surface area contributed by atoms with E-state index in [2.05, 4.69) is 10.3 Å². The number of esters is 1. The smallest absolute Gasteiger partial charge is 0.342 e. The van der Waals surface area contributed by atoms with E-state index >= 15 is 0 Å². The summed E-state index contributed by atoms with van der Waals surface area (Å²) in [6, 6.07) is 6.68. The third-order valence-electron chi connectivity index (χ3n) is 4.13. The summed E-state index contributed by atoms with van der Waals surface area (Å²) in [6.07, 6.45) is 3.02. The summed E-state index contributed by atoms with van der Waals surface area (Å²) in [6.45, 7) is 1.68. The number of ether oxygens (including phenoxy) is 1. The maximum absolute atomic E-state index is 12.3. The fraction of sp³-hybridized carbons (Fsp3) is 0.278. The van der Waals surface area contributed by atoms with Gasteiger partial charge in [0.1, 0.15) is 12.4 Å². The molecule has 0 radical (unpaired) electrons. The number of aromatic hydroxyl groups is 1. The fourth-order valence-corrected chi connectivity index (χ4v) is 2.59. The number of benzene rings is 1. The summed E-state index contributed by atoms with van der Waals surface area (Å²) in [7, 11) is 0. The molecule has 1 aliphatic heterocycles. The van der Waals surface area contributed by atoms with Crippen LogP contribution in [-0.2, 0) is 20.9 Å². The first-order valence-electron chi connectivity index (χ1n) is 7.88. The van der Waals surface area contributed by atoms with Gasteiger partial charge in [-0.15, -0.1) is 0 Å². The van der Waals surface area contributed by atoms with Crippen LogP contribution in [0.5, 0.6) is 5.75 Å². The van der Waals surface area contributed by atoms with E-state index in [-0.39, 0.29) is 30.9 Å². The Morgan fingerprint density at radius 3 is 2.96 bits per heavy atom. The van der Waals surface area contributed by atoms with Gasteiger partial charge in [-0.25, -0.2) is 4.79 Å². The highest BCUT2D eigenvalue weighted by Crippen LogP contribution is 2.22. The van der Waals surface area contributed by atoms with Gasteiger partial charge < -0.3 is 20.3 Å². The summed E-state index contributed by atoms with van der Waals surface area (Å²) < 4.78 is 4.88. The molecule has 0 saturated carbocycles. The third-order valence-corrected chi connectivity index (χ3v) is 4.13. The van der Waals surface area contributed by atoms with E-state index in [9.17, 15) is 19.8 Å². The van der Waals surface area contributed by atoms with Crippen molar-refractivity contribution in [1.82, 2.24) is 10.3 Å². The third kappa shape index (κ3) is 3.46. The predicted octanol–water partition coefficient (Wildman–Crippen LogP) is 1.18. The van der Waals surface area contributed by atoms with Crippen LogP contribution in [0.2, 0.25) is 0 Å². The Balaban J connectivity index is 1.72. The molecule has 0 fully saturated rings. The predicted molar refractivity (Wildman–Crippen MR) is 89.5 cm³/mol. The molecule has 1 amide bonds. The molecular weight excluding hydrogens is 324 g/mol. The number of hydrogen-bond acceptors (Lipinski definition) is 6. The lowest BCUT2D eigenvalue weighted by molar-refractivity contribution is -0.162. The van der Waals surface area contributed by atoms with E-state index in [0.29, 0.717) is 0 Å². The van der Waals surface area contributed by atoms with Gasteiger partial charge >= 0.3 is 5.97 Å². The van der Waals surface area contributed by atoms with Gasteiger partial charge in [0.05, 0.1) is 11.1 Å². The summed E-state index contributed by atoms with van der Waals surface area (Å²) in [5, 5.41) is 23.1. The molecule has 7 nitrogen and oxygen atoms in total. The molecule has 0 saturated heterocycles. The first-order valence-corrected chi connectivity index (χ1v) is 7.88. The minimum absolute atomic E-state index is 0.126. The van der Waals surface area contributed by atoms with E-state index in [1.165, 1.54) is 6.08 Å². The average Bonchev–Trinajstić information content (AvgIpc) is 2.61. The number of aliphatic hydroxyl groups is 1. The number of rotatable bonds is 4. The molecule has 3 rings (SSSR count). The molecular formula is C18H18N2O5. The van der Waals surface area contributed by atoms with Crippen LogP contribution in [0.1, 0.15) is 18.9 Å². The number of phenolic OH excluding ortho intramolecular Hbond substituents is 1. The van der Waals surface area contributed by atoms with Crippen LogP contribution in [0.15, 0.2) is 42.1 Å². The Labute approximate surface area is 143 Å². The quantitative estimate of drug-likeness (QED) is 0.720. The Morgan fingerprint density at radius 2 is 2.20 bits per heavy atom. The molecule has 3 N–H and O–H groups in total. The molecule has 7 heteroatoms. The van der Waals surface area contributed by atoms with Crippen molar-refractivity contribution < 1.29 is 24.5 Å². The van der Waals surface area contributed by atoms with Crippen LogP contribution in [0.4, 0.5) is 0 Å². The number of carbonyl (C=O) groups is 2. The molecule has 0 aliphatic carbocycles. The number of hydrogen-bond donors (Lipinski definition) is 3. The summed E-state index contributed by atoms with van der Waals surface area (Å²) in [5.41, 5.74) is -0.0591. The molecule has 0 spiro atoms. The zero-order valence-corrected chi connectivity index (χ0v) is 13.7. The van der Waals surface area contributed by atoms with Crippen molar-refractivity contribution in [1.29, 1.82) is 0 Å². The summed E-state index contributed by atoms with van der Waals surface area (Å²) >= 11 is 0. The van der Waals surface area contributed by atoms with Gasteiger partial charge in [0, 0.05) is 18.1 Å². The summed E-state index contributed by atoms with van der Waals surface area (Å²) in [4.78, 5) is 28.1. The number of nitrogens with zero attached hydrogens (tertiary/aromatic N) is 1. The number of cyclic esters (lactones) is 1. The lowest BCUT2D eigenvalue weighted by atomic mass is 9.95. The largest absolute Gasteiger partial charge is 0.508 e. The van der Waals surface area contributed by atoms with E-state index in [4.69, 9.17) is 4.74 Å². The van der Waals surface area contributed by atoms with E-state index in [0.717, 1.165) is 16.5 Å². The highest BCUT2D eigenvalue weighted by Gasteiger charge is 2.38. The van der Waals surface area contributed by atoms with Crippen molar-refractivity contribution in [3.05, 3.63) is 47.7 Å². The van der Waals surface area contributed by atoms with Crippen LogP contribution >= 0.6 is 0 Å². The molecule has 1 unspecified atom stereocenters. The van der Waals surface area contributed by atoms with Crippen LogP contribution < -0.4 is 5.32 Å². The second kappa shape index (κ2) is 6.52. The van der Waals surface area contributed by atoms with Gasteiger partial charge in [0.25, 0.3) is 5.91 Å². The van der Waals surface area contributed by atoms with Crippen LogP contribution in [0.25, 0.3) is 10.9 Å². The average molecular weight is 342 g/mol. The molecule has 1 aromatic heterocycles. The lowest BCUT2D eigenvalue weighted by Crippen LogP contribution is -2.43. The van der Waals surface area contributed by atoms with Gasteiger partial charge in [0.2, 0.25) is 0 Å². The highest BCUT2D eigenvalue weighted by atomic mass is 16.6. The standard InChI is InChI=1S/C18H18N2O5/c1-2-18(24)7-13(10-25-17(18)23)16(22)20-9-11-5-12-6-14(21)3-4-15(12)19-8-11/h3-8,21,24H,2,9-10H2,1H3,(H,20,22). The molecule has 25 heavy (non-hydrogen) atoms. The fourth-order valence-electron chi connectivity index (χ4n) is 2.59. The molecule has 1 aliphatic rings. The number of amides is 1. The Bertz CT molecular complexity index is 877. The molecule has 0 bridgehead atoms. The lowest BCUT2D eigenvalue weighted by Gasteiger charge is -2.26. The summed E-state index contributed by atoms with van der Waals surface area (Å²) in [5.74, 6) is -1.02. The molecule has 1 atom stereocenters. The maximum atomic E-state index is 12.3.